The molecule has 0 aliphatic rings. The van der Waals surface area contributed by atoms with Crippen molar-refractivity contribution >= 4 is 0 Å². The smallest absolute Gasteiger partial charge is 0.270 e. The van der Waals surface area contributed by atoms with Crippen LogP contribution in [0.2, 0.25) is 0 Å². The molecule has 1 heterocycles. The second kappa shape index (κ2) is 4.16. The van der Waals surface area contributed by atoms with Crippen LogP contribution in [0, 0.1) is 13.8 Å². The first-order valence-corrected chi connectivity index (χ1v) is 6.20. The van der Waals surface area contributed by atoms with Gasteiger partial charge in [0.1, 0.15) is 0 Å². The van der Waals surface area contributed by atoms with Gasteiger partial charge in [-0.15, -0.1) is 0 Å². The molecule has 0 saturated carbocycles. The maximum Gasteiger partial charge on any atom is 0.270 e. The number of nitrogens with zero attached hydrogens (tertiary/aromatic N) is 1. The summed E-state index contributed by atoms with van der Waals surface area (Å²) >= 11 is 0. The molecule has 0 saturated heterocycles. The summed E-state index contributed by atoms with van der Waals surface area (Å²) < 4.78 is 1.69. The maximum atomic E-state index is 12.2. The molecule has 1 aromatic carbocycles. The predicted octanol–water partition coefficient (Wildman–Crippen LogP) is 3.22. The Hall–Kier alpha value is -1.77. The number of hydrogen-bond donors (Lipinski definition) is 1. The Balaban J connectivity index is 2.60. The lowest BCUT2D eigenvalue weighted by atomic mass is 10.1. The average Bonchev–Trinajstić information content (AvgIpc) is 2.57. The lowest BCUT2D eigenvalue weighted by molar-refractivity contribution is 0.346. The first-order chi connectivity index (χ1) is 8.30. The van der Waals surface area contributed by atoms with Crippen LogP contribution in [0.1, 0.15) is 31.9 Å². The summed E-state index contributed by atoms with van der Waals surface area (Å²) in [7, 11) is 0. The Bertz CT molecular complexity index is 609. The standard InChI is InChI=1S/C15H20N2O/c1-10-6-8-12(9-7-10)13-11(2)14(18)17(16-13)15(3,4)5/h6-9,16H,1-5H3. The van der Waals surface area contributed by atoms with Crippen LogP contribution in [-0.2, 0) is 5.54 Å². The van der Waals surface area contributed by atoms with E-state index in [9.17, 15) is 4.79 Å². The van der Waals surface area contributed by atoms with Crippen molar-refractivity contribution in [3.63, 3.8) is 0 Å². The van der Waals surface area contributed by atoms with Crippen molar-refractivity contribution in [2.75, 3.05) is 0 Å². The minimum atomic E-state index is -0.231. The third kappa shape index (κ3) is 2.13. The van der Waals surface area contributed by atoms with Crippen molar-refractivity contribution in [3.05, 3.63) is 45.7 Å². The highest BCUT2D eigenvalue weighted by atomic mass is 16.1. The van der Waals surface area contributed by atoms with E-state index >= 15 is 0 Å². The van der Waals surface area contributed by atoms with Crippen molar-refractivity contribution in [1.29, 1.82) is 0 Å². The number of H-pyrrole nitrogens is 1. The van der Waals surface area contributed by atoms with Gasteiger partial charge >= 0.3 is 0 Å². The van der Waals surface area contributed by atoms with Crippen LogP contribution in [-0.4, -0.2) is 9.78 Å². The van der Waals surface area contributed by atoms with E-state index in [-0.39, 0.29) is 11.1 Å². The zero-order valence-corrected chi connectivity index (χ0v) is 11.7. The van der Waals surface area contributed by atoms with Crippen LogP contribution < -0.4 is 5.56 Å². The third-order valence-electron chi connectivity index (χ3n) is 3.13. The van der Waals surface area contributed by atoms with Gasteiger partial charge in [-0.25, -0.2) is 4.68 Å². The summed E-state index contributed by atoms with van der Waals surface area (Å²) in [6, 6.07) is 8.20. The van der Waals surface area contributed by atoms with Gasteiger partial charge in [0.25, 0.3) is 5.56 Å². The Labute approximate surface area is 107 Å². The van der Waals surface area contributed by atoms with E-state index in [1.807, 2.05) is 39.8 Å². The Morgan fingerprint density at radius 1 is 1.06 bits per heavy atom. The normalized spacial score (nSPS) is 11.8. The molecule has 3 heteroatoms. The van der Waals surface area contributed by atoms with Gasteiger partial charge in [0.15, 0.2) is 0 Å². The second-order valence-electron chi connectivity index (χ2n) is 5.79. The number of aryl methyl sites for hydroxylation is 1. The van der Waals surface area contributed by atoms with Crippen molar-refractivity contribution in [1.82, 2.24) is 9.78 Å². The number of nitrogens with one attached hydrogen (secondary N) is 1. The summed E-state index contributed by atoms with van der Waals surface area (Å²) in [6.07, 6.45) is 0. The van der Waals surface area contributed by atoms with E-state index in [4.69, 9.17) is 0 Å². The monoisotopic (exact) mass is 244 g/mol. The largest absolute Gasteiger partial charge is 0.294 e. The van der Waals surface area contributed by atoms with Gasteiger partial charge in [-0.1, -0.05) is 29.8 Å². The van der Waals surface area contributed by atoms with Crippen LogP contribution in [0.15, 0.2) is 29.1 Å². The molecule has 0 bridgehead atoms. The fraction of sp³-hybridized carbons (Fsp3) is 0.400. The topological polar surface area (TPSA) is 37.8 Å². The molecule has 1 N–H and O–H groups in total. The molecule has 0 unspecified atom stereocenters. The van der Waals surface area contributed by atoms with E-state index in [1.165, 1.54) is 5.56 Å². The molecule has 0 amide bonds. The quantitative estimate of drug-likeness (QED) is 0.821. The first kappa shape index (κ1) is 12.7. The fourth-order valence-corrected chi connectivity index (χ4v) is 1.99. The van der Waals surface area contributed by atoms with Gasteiger partial charge < -0.3 is 0 Å². The molecule has 1 aromatic heterocycles. The van der Waals surface area contributed by atoms with Gasteiger partial charge in [-0.05, 0) is 40.2 Å². The third-order valence-corrected chi connectivity index (χ3v) is 3.13. The lowest BCUT2D eigenvalue weighted by Crippen LogP contribution is -2.32. The Morgan fingerprint density at radius 2 is 1.61 bits per heavy atom. The summed E-state index contributed by atoms with van der Waals surface area (Å²) in [6.45, 7) is 9.98. The van der Waals surface area contributed by atoms with Gasteiger partial charge in [-0.2, -0.15) is 0 Å². The minimum absolute atomic E-state index is 0.0538. The second-order valence-corrected chi connectivity index (χ2v) is 5.79. The molecule has 0 aliphatic carbocycles. The summed E-state index contributed by atoms with van der Waals surface area (Å²) in [5.74, 6) is 0. The van der Waals surface area contributed by atoms with E-state index in [2.05, 4.69) is 24.2 Å². The summed E-state index contributed by atoms with van der Waals surface area (Å²) in [4.78, 5) is 12.2. The van der Waals surface area contributed by atoms with Crippen molar-refractivity contribution in [2.45, 2.75) is 40.2 Å². The number of benzene rings is 1. The molecule has 0 radical (unpaired) electrons. The van der Waals surface area contributed by atoms with Crippen LogP contribution in [0.25, 0.3) is 11.3 Å². The van der Waals surface area contributed by atoms with Gasteiger partial charge in [0.05, 0.1) is 11.2 Å². The Kier molecular flexibility index (Phi) is 2.93. The molecule has 0 aliphatic heterocycles. The zero-order chi connectivity index (χ0) is 13.5. The molecular formula is C15H20N2O. The molecule has 0 atom stereocenters. The molecule has 96 valence electrons. The number of aromatic amines is 1. The van der Waals surface area contributed by atoms with E-state index in [0.717, 1.165) is 16.8 Å². The highest BCUT2D eigenvalue weighted by Crippen LogP contribution is 2.21. The molecule has 18 heavy (non-hydrogen) atoms. The van der Waals surface area contributed by atoms with Crippen molar-refractivity contribution < 1.29 is 0 Å². The maximum absolute atomic E-state index is 12.2. The minimum Gasteiger partial charge on any atom is -0.294 e. The highest BCUT2D eigenvalue weighted by Gasteiger charge is 2.20. The van der Waals surface area contributed by atoms with Crippen molar-refractivity contribution in [2.24, 2.45) is 0 Å². The van der Waals surface area contributed by atoms with E-state index in [0.29, 0.717) is 0 Å². The molecule has 0 spiro atoms. The summed E-state index contributed by atoms with van der Waals surface area (Å²) in [5, 5.41) is 3.23. The predicted molar refractivity (Wildman–Crippen MR) is 75.0 cm³/mol. The van der Waals surface area contributed by atoms with Gasteiger partial charge in [-0.3, -0.25) is 9.89 Å². The van der Waals surface area contributed by atoms with Crippen LogP contribution >= 0.6 is 0 Å². The highest BCUT2D eigenvalue weighted by molar-refractivity contribution is 5.62. The van der Waals surface area contributed by atoms with Crippen LogP contribution in [0.4, 0.5) is 0 Å². The summed E-state index contributed by atoms with van der Waals surface area (Å²) in [5.41, 5.74) is 3.78. The van der Waals surface area contributed by atoms with E-state index < -0.39 is 0 Å². The number of hydrogen-bond acceptors (Lipinski definition) is 1. The molecule has 2 rings (SSSR count). The number of aromatic nitrogens is 2. The number of rotatable bonds is 1. The first-order valence-electron chi connectivity index (χ1n) is 6.20. The average molecular weight is 244 g/mol. The zero-order valence-electron chi connectivity index (χ0n) is 11.7. The fourth-order valence-electron chi connectivity index (χ4n) is 1.99. The molecule has 0 fully saturated rings. The molecular weight excluding hydrogens is 224 g/mol. The van der Waals surface area contributed by atoms with E-state index in [1.54, 1.807) is 4.68 Å². The van der Waals surface area contributed by atoms with Crippen LogP contribution in [0.5, 0.6) is 0 Å². The van der Waals surface area contributed by atoms with Gasteiger partial charge in [0, 0.05) is 5.56 Å². The molecule has 3 nitrogen and oxygen atoms in total. The van der Waals surface area contributed by atoms with Gasteiger partial charge in [0.2, 0.25) is 0 Å². The van der Waals surface area contributed by atoms with Crippen LogP contribution in [0.3, 0.4) is 0 Å². The molecule has 2 aromatic rings. The lowest BCUT2D eigenvalue weighted by Gasteiger charge is -2.19. The Morgan fingerprint density at radius 3 is 2.06 bits per heavy atom. The SMILES string of the molecule is Cc1ccc(-c2[nH]n(C(C)(C)C)c(=O)c2C)cc1. The van der Waals surface area contributed by atoms with Crippen molar-refractivity contribution in [3.8, 4) is 11.3 Å².